The van der Waals surface area contributed by atoms with E-state index in [9.17, 15) is 0 Å². The Morgan fingerprint density at radius 3 is 1.16 bits per heavy atom. The van der Waals surface area contributed by atoms with Crippen molar-refractivity contribution in [1.82, 2.24) is 4.98 Å². The number of hydrogen-bond acceptors (Lipinski definition) is 3. The average Bonchev–Trinajstić information content (AvgIpc) is 2.95. The van der Waals surface area contributed by atoms with Crippen LogP contribution in [0, 0.1) is 0 Å². The standard InChI is InChI=1S/C35H46ClN3.3ClH.V/c1-5-9-15-27-19-13-20-28(16-10-6-2)34(27)37-25-32-23-31(36)24-33(39-32)26-38-35-29(17-11-7-3)21-14-22-30(35)18-12-8-4;;;;/h13-14,19-26H,5-12,15-18H2,1-4H3;3*1H;/p-3. The Kier molecular flexibility index (Phi) is 25.4. The van der Waals surface area contributed by atoms with Gasteiger partial charge in [0.25, 0.3) is 0 Å². The van der Waals surface area contributed by atoms with E-state index in [1.165, 1.54) is 47.9 Å². The van der Waals surface area contributed by atoms with E-state index in [2.05, 4.69) is 64.1 Å². The van der Waals surface area contributed by atoms with Crippen molar-refractivity contribution in [1.29, 1.82) is 0 Å². The fraction of sp³-hybridized carbons (Fsp3) is 0.457. The molecule has 0 aliphatic carbocycles. The zero-order chi connectivity index (χ0) is 27.9. The van der Waals surface area contributed by atoms with E-state index in [0.29, 0.717) is 5.02 Å². The zero-order valence-electron chi connectivity index (χ0n) is 26.1. The summed E-state index contributed by atoms with van der Waals surface area (Å²) in [6.45, 7) is 8.94. The van der Waals surface area contributed by atoms with Gasteiger partial charge in [0, 0.05) is 23.6 Å². The van der Waals surface area contributed by atoms with Crippen molar-refractivity contribution >= 4 is 35.4 Å². The number of benzene rings is 2. The van der Waals surface area contributed by atoms with Crippen molar-refractivity contribution in [2.24, 2.45) is 9.98 Å². The molecule has 1 heterocycles. The minimum absolute atomic E-state index is 0. The van der Waals surface area contributed by atoms with Crippen LogP contribution in [0.25, 0.3) is 0 Å². The molecule has 0 saturated carbocycles. The molecule has 0 N–H and O–H groups in total. The van der Waals surface area contributed by atoms with Gasteiger partial charge in [0.15, 0.2) is 0 Å². The smallest absolute Gasteiger partial charge is 0.0835 e. The van der Waals surface area contributed by atoms with E-state index < -0.39 is 0 Å². The summed E-state index contributed by atoms with van der Waals surface area (Å²) in [5.74, 6) is 0. The summed E-state index contributed by atoms with van der Waals surface area (Å²) in [5.41, 5.74) is 8.95. The number of hydrogen-bond donors (Lipinski definition) is 0. The molecule has 3 aromatic rings. The van der Waals surface area contributed by atoms with Crippen LogP contribution in [0.4, 0.5) is 11.4 Å². The summed E-state index contributed by atoms with van der Waals surface area (Å²) >= 11 is 6.55. The maximum absolute atomic E-state index is 6.55. The predicted octanol–water partition coefficient (Wildman–Crippen LogP) is 1.62. The van der Waals surface area contributed by atoms with Crippen LogP contribution in [0.1, 0.15) is 113 Å². The molecule has 0 saturated heterocycles. The Morgan fingerprint density at radius 1 is 0.581 bits per heavy atom. The van der Waals surface area contributed by atoms with Gasteiger partial charge >= 0.3 is 0 Å². The van der Waals surface area contributed by atoms with Gasteiger partial charge in [-0.15, -0.1) is 0 Å². The van der Waals surface area contributed by atoms with Crippen molar-refractivity contribution in [3.63, 3.8) is 0 Å². The molecule has 0 aliphatic heterocycles. The molecule has 2 aromatic carbocycles. The van der Waals surface area contributed by atoms with Crippen LogP contribution in [0.2, 0.25) is 5.02 Å². The van der Waals surface area contributed by atoms with Crippen LogP contribution in [0.3, 0.4) is 0 Å². The number of halogens is 4. The van der Waals surface area contributed by atoms with Gasteiger partial charge in [0.1, 0.15) is 0 Å². The molecule has 237 valence electrons. The molecule has 0 fully saturated rings. The van der Waals surface area contributed by atoms with E-state index in [0.717, 1.165) is 74.1 Å². The Morgan fingerprint density at radius 2 is 0.884 bits per heavy atom. The quantitative estimate of drug-likeness (QED) is 0.210. The molecule has 0 aliphatic rings. The van der Waals surface area contributed by atoms with Crippen molar-refractivity contribution in [3.8, 4) is 0 Å². The first-order valence-corrected chi connectivity index (χ1v) is 15.4. The molecule has 0 bridgehead atoms. The molecule has 0 atom stereocenters. The van der Waals surface area contributed by atoms with Crippen LogP contribution in [0.15, 0.2) is 58.5 Å². The number of rotatable bonds is 16. The zero-order valence-corrected chi connectivity index (χ0v) is 30.5. The maximum Gasteiger partial charge on any atom is 0.0835 e. The van der Waals surface area contributed by atoms with E-state index in [-0.39, 0.29) is 55.8 Å². The Bertz CT molecular complexity index is 1100. The van der Waals surface area contributed by atoms with Gasteiger partial charge in [-0.05, 0) is 85.8 Å². The maximum atomic E-state index is 6.55. The first kappa shape index (κ1) is 43.8. The van der Waals surface area contributed by atoms with Crippen molar-refractivity contribution in [3.05, 3.63) is 87.2 Å². The van der Waals surface area contributed by atoms with Crippen LogP contribution >= 0.6 is 11.6 Å². The third-order valence-electron chi connectivity index (χ3n) is 7.09. The SMILES string of the molecule is CCCCc1cccc(CCCC)c1N=Cc1cc(Cl)cc(C=Nc2c(CCCC)cccc2CCCC)n1.[Cl-].[Cl-].[Cl-].[V]. The van der Waals surface area contributed by atoms with E-state index >= 15 is 0 Å². The Balaban J connectivity index is 0. The summed E-state index contributed by atoms with van der Waals surface area (Å²) in [5, 5.41) is 0.642. The van der Waals surface area contributed by atoms with Crippen molar-refractivity contribution < 1.29 is 55.8 Å². The monoisotopic (exact) mass is 699 g/mol. The topological polar surface area (TPSA) is 37.6 Å². The van der Waals surface area contributed by atoms with Crippen molar-refractivity contribution in [2.75, 3.05) is 0 Å². The second-order valence-electron chi connectivity index (χ2n) is 10.4. The second kappa shape index (κ2) is 24.9. The fourth-order valence-corrected chi connectivity index (χ4v) is 5.05. The Hall–Kier alpha value is -1.33. The van der Waals surface area contributed by atoms with Crippen LogP contribution < -0.4 is 37.2 Å². The number of para-hydroxylation sites is 2. The van der Waals surface area contributed by atoms with Crippen molar-refractivity contribution in [2.45, 2.75) is 105 Å². The molecule has 0 unspecified atom stereocenters. The van der Waals surface area contributed by atoms with Crippen LogP contribution in [-0.2, 0) is 44.2 Å². The number of aromatic nitrogens is 1. The first-order chi connectivity index (χ1) is 19.1. The largest absolute Gasteiger partial charge is 1.00 e. The molecule has 3 nitrogen and oxygen atoms in total. The molecule has 0 spiro atoms. The third-order valence-corrected chi connectivity index (χ3v) is 7.30. The van der Waals surface area contributed by atoms with Gasteiger partial charge in [-0.3, -0.25) is 9.98 Å². The Labute approximate surface area is 296 Å². The number of pyridine rings is 1. The number of nitrogens with zero attached hydrogens (tertiary/aromatic N) is 3. The van der Waals surface area contributed by atoms with Crippen LogP contribution in [-0.4, -0.2) is 17.4 Å². The minimum atomic E-state index is 0. The molecule has 0 amide bonds. The summed E-state index contributed by atoms with van der Waals surface area (Å²) in [7, 11) is 0. The third kappa shape index (κ3) is 14.5. The number of aliphatic imine (C=N–C) groups is 2. The second-order valence-corrected chi connectivity index (χ2v) is 10.9. The number of aryl methyl sites for hydroxylation is 4. The normalized spacial score (nSPS) is 10.6. The number of unbranched alkanes of at least 4 members (excludes halogenated alkanes) is 4. The first-order valence-electron chi connectivity index (χ1n) is 15.1. The van der Waals surface area contributed by atoms with Gasteiger partial charge in [0.05, 0.1) is 35.2 Å². The predicted molar refractivity (Wildman–Crippen MR) is 171 cm³/mol. The fourth-order valence-electron chi connectivity index (χ4n) is 4.83. The minimum Gasteiger partial charge on any atom is -1.00 e. The van der Waals surface area contributed by atoms with Crippen LogP contribution in [0.5, 0.6) is 0 Å². The molecular formula is C35H46Cl4N3V-3. The summed E-state index contributed by atoms with van der Waals surface area (Å²) in [4.78, 5) is 14.8. The van der Waals surface area contributed by atoms with E-state index in [4.69, 9.17) is 26.6 Å². The molecule has 43 heavy (non-hydrogen) atoms. The van der Waals surface area contributed by atoms with E-state index in [1.54, 1.807) is 0 Å². The van der Waals surface area contributed by atoms with Gasteiger partial charge in [-0.25, -0.2) is 4.98 Å². The molecule has 1 radical (unpaired) electrons. The van der Waals surface area contributed by atoms with Gasteiger partial charge in [0.2, 0.25) is 0 Å². The summed E-state index contributed by atoms with van der Waals surface area (Å²) in [6.07, 6.45) is 17.2. The molecular weight excluding hydrogens is 655 g/mol. The van der Waals surface area contributed by atoms with E-state index in [1.807, 2.05) is 24.6 Å². The summed E-state index contributed by atoms with van der Waals surface area (Å²) < 4.78 is 0. The van der Waals surface area contributed by atoms with Gasteiger partial charge in [-0.1, -0.05) is 101 Å². The molecule has 8 heteroatoms. The average molecular weight is 702 g/mol. The van der Waals surface area contributed by atoms with Gasteiger partial charge < -0.3 is 37.2 Å². The molecule has 1 aromatic heterocycles. The summed E-state index contributed by atoms with van der Waals surface area (Å²) in [6, 6.07) is 17.0. The molecule has 3 rings (SSSR count). The van der Waals surface area contributed by atoms with Gasteiger partial charge in [-0.2, -0.15) is 0 Å².